The normalized spacial score (nSPS) is 10.3. The molecule has 4 heteroatoms. The van der Waals surface area contributed by atoms with Gasteiger partial charge in [0, 0.05) is 5.69 Å². The van der Waals surface area contributed by atoms with Gasteiger partial charge in [0.1, 0.15) is 5.69 Å². The van der Waals surface area contributed by atoms with Gasteiger partial charge in [0.2, 0.25) is 0 Å². The van der Waals surface area contributed by atoms with Gasteiger partial charge in [0.05, 0.1) is 5.69 Å². The van der Waals surface area contributed by atoms with E-state index in [1.165, 1.54) is 0 Å². The molecule has 0 amide bonds. The quantitative estimate of drug-likeness (QED) is 0.695. The summed E-state index contributed by atoms with van der Waals surface area (Å²) in [5.74, 6) is 0.671. The molecule has 0 aliphatic heterocycles. The molecule has 0 bridgehead atoms. The van der Waals surface area contributed by atoms with Gasteiger partial charge in [-0.25, -0.2) is 9.67 Å². The molecular weight excluding hydrogens is 190 g/mol. The molecule has 0 spiro atoms. The van der Waals surface area contributed by atoms with Gasteiger partial charge in [-0.15, -0.1) is 0 Å². The fourth-order valence-electron chi connectivity index (χ4n) is 1.48. The summed E-state index contributed by atoms with van der Waals surface area (Å²) >= 11 is 0. The van der Waals surface area contributed by atoms with Crippen molar-refractivity contribution in [1.29, 1.82) is 0 Å². The zero-order valence-electron chi connectivity index (χ0n) is 8.64. The summed E-state index contributed by atoms with van der Waals surface area (Å²) in [4.78, 5) is 14.8. The van der Waals surface area contributed by atoms with E-state index in [1.54, 1.807) is 16.8 Å². The van der Waals surface area contributed by atoms with Crippen LogP contribution < -0.4 is 0 Å². The van der Waals surface area contributed by atoms with Crippen LogP contribution in [0.15, 0.2) is 24.3 Å². The summed E-state index contributed by atoms with van der Waals surface area (Å²) in [6.07, 6.45) is 0.731. The van der Waals surface area contributed by atoms with Crippen molar-refractivity contribution in [1.82, 2.24) is 14.8 Å². The highest BCUT2D eigenvalue weighted by Crippen LogP contribution is 2.09. The van der Waals surface area contributed by atoms with E-state index in [-0.39, 0.29) is 0 Å². The van der Waals surface area contributed by atoms with E-state index >= 15 is 0 Å². The topological polar surface area (TPSA) is 47.8 Å². The van der Waals surface area contributed by atoms with Gasteiger partial charge in [-0.1, -0.05) is 6.07 Å². The Bertz CT molecular complexity index is 502. The largest absolute Gasteiger partial charge is 0.296 e. The van der Waals surface area contributed by atoms with Crippen molar-refractivity contribution >= 4 is 6.29 Å². The Morgan fingerprint density at radius 1 is 1.33 bits per heavy atom. The summed E-state index contributed by atoms with van der Waals surface area (Å²) in [5, 5.41) is 4.29. The molecule has 0 aromatic carbocycles. The predicted molar refractivity (Wildman–Crippen MR) is 56.2 cm³/mol. The number of pyridine rings is 1. The molecular formula is C11H11N3O. The summed E-state index contributed by atoms with van der Waals surface area (Å²) in [6, 6.07) is 7.26. The van der Waals surface area contributed by atoms with Gasteiger partial charge in [0.15, 0.2) is 12.1 Å². The molecule has 0 saturated heterocycles. The zero-order valence-corrected chi connectivity index (χ0v) is 8.64. The third-order valence-electron chi connectivity index (χ3n) is 2.10. The number of carbonyl (C=O) groups excluding carboxylic acids is 1. The first-order valence-corrected chi connectivity index (χ1v) is 4.66. The monoisotopic (exact) mass is 201 g/mol. The van der Waals surface area contributed by atoms with Crippen LogP contribution in [0.5, 0.6) is 0 Å². The molecule has 76 valence electrons. The maximum absolute atomic E-state index is 10.6. The van der Waals surface area contributed by atoms with Gasteiger partial charge < -0.3 is 0 Å². The van der Waals surface area contributed by atoms with Gasteiger partial charge in [0.25, 0.3) is 0 Å². The highest BCUT2D eigenvalue weighted by atomic mass is 16.1. The molecule has 0 N–H and O–H groups in total. The number of nitrogens with zero attached hydrogens (tertiary/aromatic N) is 3. The molecule has 2 aromatic heterocycles. The lowest BCUT2D eigenvalue weighted by molar-refractivity contribution is 0.111. The number of rotatable bonds is 2. The van der Waals surface area contributed by atoms with E-state index in [9.17, 15) is 4.79 Å². The van der Waals surface area contributed by atoms with Crippen LogP contribution in [0.1, 0.15) is 21.9 Å². The maximum Gasteiger partial charge on any atom is 0.168 e. The lowest BCUT2D eigenvalue weighted by Crippen LogP contribution is -2.03. The lowest BCUT2D eigenvalue weighted by atomic mass is 10.3. The number of hydrogen-bond donors (Lipinski definition) is 0. The molecule has 15 heavy (non-hydrogen) atoms. The van der Waals surface area contributed by atoms with Gasteiger partial charge >= 0.3 is 0 Å². The number of aldehydes is 1. The summed E-state index contributed by atoms with van der Waals surface area (Å²) < 4.78 is 1.72. The molecule has 0 atom stereocenters. The third-order valence-corrected chi connectivity index (χ3v) is 2.10. The number of aromatic nitrogens is 3. The first-order chi connectivity index (χ1) is 7.20. The summed E-state index contributed by atoms with van der Waals surface area (Å²) in [7, 11) is 0. The number of carbonyl (C=O) groups is 1. The van der Waals surface area contributed by atoms with Crippen molar-refractivity contribution < 1.29 is 4.79 Å². The minimum absolute atomic E-state index is 0.417. The van der Waals surface area contributed by atoms with Crippen LogP contribution in [-0.4, -0.2) is 21.1 Å². The lowest BCUT2D eigenvalue weighted by Gasteiger charge is -2.02. The number of aryl methyl sites for hydroxylation is 2. The van der Waals surface area contributed by atoms with Crippen LogP contribution in [0.4, 0.5) is 0 Å². The Hall–Kier alpha value is -1.97. The average molecular weight is 201 g/mol. The van der Waals surface area contributed by atoms with E-state index in [2.05, 4.69) is 10.1 Å². The standard InChI is InChI=1S/C11H11N3O/c1-8-6-9(2)14(13-8)11-5-3-4-10(7-15)12-11/h3-7H,1-2H3. The Morgan fingerprint density at radius 2 is 2.13 bits per heavy atom. The molecule has 0 aliphatic rings. The molecule has 0 fully saturated rings. The maximum atomic E-state index is 10.6. The average Bonchev–Trinajstić information content (AvgIpc) is 2.58. The zero-order chi connectivity index (χ0) is 10.8. The Morgan fingerprint density at radius 3 is 2.73 bits per heavy atom. The minimum Gasteiger partial charge on any atom is -0.296 e. The van der Waals surface area contributed by atoms with Crippen molar-refractivity contribution in [2.24, 2.45) is 0 Å². The fourth-order valence-corrected chi connectivity index (χ4v) is 1.48. The second kappa shape index (κ2) is 3.65. The fraction of sp³-hybridized carbons (Fsp3) is 0.182. The van der Waals surface area contributed by atoms with Gasteiger partial charge in [-0.2, -0.15) is 5.10 Å². The van der Waals surface area contributed by atoms with Crippen molar-refractivity contribution in [3.63, 3.8) is 0 Å². The molecule has 4 nitrogen and oxygen atoms in total. The van der Waals surface area contributed by atoms with Gasteiger partial charge in [-0.05, 0) is 32.0 Å². The summed E-state index contributed by atoms with van der Waals surface area (Å²) in [5.41, 5.74) is 2.36. The second-order valence-corrected chi connectivity index (χ2v) is 3.38. The SMILES string of the molecule is Cc1cc(C)n(-c2cccc(C=O)n2)n1. The van der Waals surface area contributed by atoms with Crippen LogP contribution in [0.25, 0.3) is 5.82 Å². The highest BCUT2D eigenvalue weighted by Gasteiger charge is 2.04. The van der Waals surface area contributed by atoms with Gasteiger partial charge in [-0.3, -0.25) is 4.79 Å². The van der Waals surface area contributed by atoms with E-state index < -0.39 is 0 Å². The molecule has 0 radical (unpaired) electrons. The van der Waals surface area contributed by atoms with E-state index in [0.717, 1.165) is 17.7 Å². The molecule has 0 saturated carbocycles. The van der Waals surface area contributed by atoms with E-state index in [1.807, 2.05) is 26.0 Å². The Balaban J connectivity index is 2.53. The van der Waals surface area contributed by atoms with Crippen molar-refractivity contribution in [2.75, 3.05) is 0 Å². The minimum atomic E-state index is 0.417. The molecule has 0 aliphatic carbocycles. The molecule has 2 rings (SSSR count). The molecule has 2 aromatic rings. The van der Waals surface area contributed by atoms with E-state index in [4.69, 9.17) is 0 Å². The Kier molecular flexibility index (Phi) is 2.33. The van der Waals surface area contributed by atoms with E-state index in [0.29, 0.717) is 11.5 Å². The molecule has 2 heterocycles. The molecule has 0 unspecified atom stereocenters. The van der Waals surface area contributed by atoms with Crippen LogP contribution in [-0.2, 0) is 0 Å². The first-order valence-electron chi connectivity index (χ1n) is 4.66. The van der Waals surface area contributed by atoms with Crippen molar-refractivity contribution in [3.05, 3.63) is 41.3 Å². The highest BCUT2D eigenvalue weighted by molar-refractivity contribution is 5.71. The first kappa shape index (κ1) is 9.58. The van der Waals surface area contributed by atoms with Crippen LogP contribution in [0, 0.1) is 13.8 Å². The van der Waals surface area contributed by atoms with Crippen LogP contribution >= 0.6 is 0 Å². The van der Waals surface area contributed by atoms with Crippen molar-refractivity contribution in [2.45, 2.75) is 13.8 Å². The van der Waals surface area contributed by atoms with Crippen LogP contribution in [0.3, 0.4) is 0 Å². The second-order valence-electron chi connectivity index (χ2n) is 3.38. The van der Waals surface area contributed by atoms with Crippen LogP contribution in [0.2, 0.25) is 0 Å². The smallest absolute Gasteiger partial charge is 0.168 e. The third kappa shape index (κ3) is 1.79. The Labute approximate surface area is 87.6 Å². The predicted octanol–water partition coefficient (Wildman–Crippen LogP) is 1.70. The number of hydrogen-bond acceptors (Lipinski definition) is 3. The summed E-state index contributed by atoms with van der Waals surface area (Å²) in [6.45, 7) is 3.88. The van der Waals surface area contributed by atoms with Crippen molar-refractivity contribution in [3.8, 4) is 5.82 Å².